The minimum atomic E-state index is -0.957. The summed E-state index contributed by atoms with van der Waals surface area (Å²) in [5.74, 6) is -2.06. The van der Waals surface area contributed by atoms with Gasteiger partial charge in [0.05, 0.1) is 6.04 Å². The maximum Gasteiger partial charge on any atom is 0.241 e. The van der Waals surface area contributed by atoms with Crippen LogP contribution in [0, 0.1) is 11.6 Å². The first-order chi connectivity index (χ1) is 8.66. The van der Waals surface area contributed by atoms with Gasteiger partial charge >= 0.3 is 0 Å². The molecule has 1 heterocycles. The predicted octanol–water partition coefficient (Wildman–Crippen LogP) is 2.44. The van der Waals surface area contributed by atoms with Crippen molar-refractivity contribution in [2.24, 2.45) is 0 Å². The van der Waals surface area contributed by atoms with Gasteiger partial charge in [-0.05, 0) is 31.5 Å². The Balaban J connectivity index is 1.99. The molecule has 1 fully saturated rings. The van der Waals surface area contributed by atoms with E-state index >= 15 is 0 Å². The van der Waals surface area contributed by atoms with Crippen LogP contribution in [-0.4, -0.2) is 18.5 Å². The summed E-state index contributed by atoms with van der Waals surface area (Å²) in [6, 6.07) is 3.10. The fraction of sp³-hybridized carbons (Fsp3) is 0.462. The van der Waals surface area contributed by atoms with Crippen LogP contribution in [0.2, 0.25) is 0 Å². The Kier molecular flexibility index (Phi) is 4.25. The van der Waals surface area contributed by atoms with Gasteiger partial charge in [0.1, 0.15) is 0 Å². The Morgan fingerprint density at radius 2 is 2.06 bits per heavy atom. The lowest BCUT2D eigenvalue weighted by molar-refractivity contribution is -0.118. The summed E-state index contributed by atoms with van der Waals surface area (Å²) >= 11 is 0. The van der Waals surface area contributed by atoms with E-state index in [4.69, 9.17) is 0 Å². The summed E-state index contributed by atoms with van der Waals surface area (Å²) in [4.78, 5) is 11.9. The molecule has 2 rings (SSSR count). The average Bonchev–Trinajstić information content (AvgIpc) is 2.62. The lowest BCUT2D eigenvalue weighted by Crippen LogP contribution is -2.39. The standard InChI is InChI=1S/C13H16F2N2O/c14-10-6-5-9(8-11(10)15)17-13(18)12-4-2-1-3-7-16-12/h5-6,8,12,16H,1-4,7H2,(H,17,18). The van der Waals surface area contributed by atoms with Crippen molar-refractivity contribution in [1.82, 2.24) is 5.32 Å². The Morgan fingerprint density at radius 1 is 1.22 bits per heavy atom. The van der Waals surface area contributed by atoms with Gasteiger partial charge in [0.15, 0.2) is 11.6 Å². The summed E-state index contributed by atoms with van der Waals surface area (Å²) in [6.45, 7) is 0.815. The molecule has 98 valence electrons. The number of nitrogens with one attached hydrogen (secondary N) is 2. The molecule has 0 bridgehead atoms. The molecular formula is C13H16F2N2O. The molecule has 1 saturated heterocycles. The minimum Gasteiger partial charge on any atom is -0.325 e. The third-order valence-corrected chi connectivity index (χ3v) is 3.06. The third kappa shape index (κ3) is 3.26. The van der Waals surface area contributed by atoms with Crippen molar-refractivity contribution in [2.45, 2.75) is 31.7 Å². The molecule has 1 atom stereocenters. The molecule has 2 N–H and O–H groups in total. The Morgan fingerprint density at radius 3 is 2.83 bits per heavy atom. The van der Waals surface area contributed by atoms with Crippen LogP contribution >= 0.6 is 0 Å². The van der Waals surface area contributed by atoms with Crippen LogP contribution in [0.4, 0.5) is 14.5 Å². The second-order valence-corrected chi connectivity index (χ2v) is 4.47. The van der Waals surface area contributed by atoms with Crippen LogP contribution in [0.3, 0.4) is 0 Å². The first-order valence-electron chi connectivity index (χ1n) is 6.16. The van der Waals surface area contributed by atoms with Crippen molar-refractivity contribution in [3.8, 4) is 0 Å². The monoisotopic (exact) mass is 254 g/mol. The number of anilines is 1. The van der Waals surface area contributed by atoms with Crippen molar-refractivity contribution in [2.75, 3.05) is 11.9 Å². The van der Waals surface area contributed by atoms with Gasteiger partial charge in [-0.25, -0.2) is 8.78 Å². The summed E-state index contributed by atoms with van der Waals surface area (Å²) in [5.41, 5.74) is 0.282. The van der Waals surface area contributed by atoms with E-state index < -0.39 is 11.6 Å². The molecule has 0 spiro atoms. The van der Waals surface area contributed by atoms with Gasteiger partial charge in [-0.15, -0.1) is 0 Å². The van der Waals surface area contributed by atoms with Crippen molar-refractivity contribution >= 4 is 11.6 Å². The molecule has 0 aromatic heterocycles. The number of halogens is 2. The molecule has 5 heteroatoms. The quantitative estimate of drug-likeness (QED) is 0.851. The lowest BCUT2D eigenvalue weighted by Gasteiger charge is -2.15. The molecule has 18 heavy (non-hydrogen) atoms. The summed E-state index contributed by atoms with van der Waals surface area (Å²) in [6.07, 6.45) is 3.95. The molecule has 0 radical (unpaired) electrons. The molecule has 0 aliphatic carbocycles. The van der Waals surface area contributed by atoms with Gasteiger partial charge in [-0.1, -0.05) is 12.8 Å². The van der Waals surface area contributed by atoms with Crippen LogP contribution in [0.1, 0.15) is 25.7 Å². The van der Waals surface area contributed by atoms with E-state index in [9.17, 15) is 13.6 Å². The molecule has 1 amide bonds. The predicted molar refractivity (Wildman–Crippen MR) is 65.2 cm³/mol. The Hall–Kier alpha value is -1.49. The van der Waals surface area contributed by atoms with Gasteiger partial charge in [-0.2, -0.15) is 0 Å². The topological polar surface area (TPSA) is 41.1 Å². The normalized spacial score (nSPS) is 20.2. The maximum atomic E-state index is 13.0. The number of carbonyl (C=O) groups is 1. The Labute approximate surface area is 105 Å². The van der Waals surface area contributed by atoms with E-state index in [1.54, 1.807) is 0 Å². The first kappa shape index (κ1) is 13.0. The van der Waals surface area contributed by atoms with Gasteiger partial charge < -0.3 is 10.6 Å². The van der Waals surface area contributed by atoms with Crippen molar-refractivity contribution < 1.29 is 13.6 Å². The highest BCUT2D eigenvalue weighted by molar-refractivity contribution is 5.94. The SMILES string of the molecule is O=C(Nc1ccc(F)c(F)c1)C1CCCCCN1. The second-order valence-electron chi connectivity index (χ2n) is 4.47. The number of hydrogen-bond acceptors (Lipinski definition) is 2. The largest absolute Gasteiger partial charge is 0.325 e. The average molecular weight is 254 g/mol. The minimum absolute atomic E-state index is 0.192. The van der Waals surface area contributed by atoms with E-state index in [0.29, 0.717) is 0 Å². The number of rotatable bonds is 2. The Bertz CT molecular complexity index is 429. The molecule has 0 saturated carbocycles. The van der Waals surface area contributed by atoms with E-state index in [1.165, 1.54) is 6.07 Å². The zero-order valence-corrected chi connectivity index (χ0v) is 10.0. The third-order valence-electron chi connectivity index (χ3n) is 3.06. The van der Waals surface area contributed by atoms with Crippen LogP contribution in [-0.2, 0) is 4.79 Å². The molecular weight excluding hydrogens is 238 g/mol. The highest BCUT2D eigenvalue weighted by Gasteiger charge is 2.19. The molecule has 1 aliphatic rings. The van der Waals surface area contributed by atoms with Crippen LogP contribution in [0.5, 0.6) is 0 Å². The van der Waals surface area contributed by atoms with E-state index in [-0.39, 0.29) is 17.6 Å². The smallest absolute Gasteiger partial charge is 0.241 e. The number of benzene rings is 1. The van der Waals surface area contributed by atoms with Gasteiger partial charge in [-0.3, -0.25) is 4.79 Å². The fourth-order valence-electron chi connectivity index (χ4n) is 2.06. The van der Waals surface area contributed by atoms with Gasteiger partial charge in [0.25, 0.3) is 0 Å². The van der Waals surface area contributed by atoms with Gasteiger partial charge in [0, 0.05) is 11.8 Å². The maximum absolute atomic E-state index is 13.0. The van der Waals surface area contributed by atoms with Crippen molar-refractivity contribution in [1.29, 1.82) is 0 Å². The zero-order chi connectivity index (χ0) is 13.0. The van der Waals surface area contributed by atoms with E-state index in [0.717, 1.165) is 44.4 Å². The molecule has 1 aliphatic heterocycles. The molecule has 1 aromatic carbocycles. The summed E-state index contributed by atoms with van der Waals surface area (Å²) < 4.78 is 25.7. The van der Waals surface area contributed by atoms with Crippen molar-refractivity contribution in [3.63, 3.8) is 0 Å². The highest BCUT2D eigenvalue weighted by Crippen LogP contribution is 2.15. The summed E-state index contributed by atoms with van der Waals surface area (Å²) in [5, 5.41) is 5.75. The van der Waals surface area contributed by atoms with Crippen LogP contribution in [0.15, 0.2) is 18.2 Å². The van der Waals surface area contributed by atoms with Crippen LogP contribution < -0.4 is 10.6 Å². The van der Waals surface area contributed by atoms with Crippen LogP contribution in [0.25, 0.3) is 0 Å². The summed E-state index contributed by atoms with van der Waals surface area (Å²) in [7, 11) is 0. The number of amides is 1. The zero-order valence-electron chi connectivity index (χ0n) is 10.0. The van der Waals surface area contributed by atoms with Crippen molar-refractivity contribution in [3.05, 3.63) is 29.8 Å². The number of carbonyl (C=O) groups excluding carboxylic acids is 1. The lowest BCUT2D eigenvalue weighted by atomic mass is 10.1. The van der Waals surface area contributed by atoms with Gasteiger partial charge in [0.2, 0.25) is 5.91 Å². The first-order valence-corrected chi connectivity index (χ1v) is 6.16. The second kappa shape index (κ2) is 5.91. The van der Waals surface area contributed by atoms with E-state index in [2.05, 4.69) is 10.6 Å². The highest BCUT2D eigenvalue weighted by atomic mass is 19.2. The molecule has 1 unspecified atom stereocenters. The molecule has 3 nitrogen and oxygen atoms in total. The fourth-order valence-corrected chi connectivity index (χ4v) is 2.06. The van der Waals surface area contributed by atoms with E-state index in [1.807, 2.05) is 0 Å². The number of hydrogen-bond donors (Lipinski definition) is 2. The molecule has 1 aromatic rings.